The number of rotatable bonds is 13. The number of hydrogen-bond acceptors (Lipinski definition) is 1. The maximum atomic E-state index is 10.3. The molecule has 0 spiro atoms. The first kappa shape index (κ1) is 18.7. The van der Waals surface area contributed by atoms with Crippen LogP contribution < -0.4 is 0 Å². The molecule has 0 aromatic rings. The van der Waals surface area contributed by atoms with Crippen molar-refractivity contribution >= 4 is 5.97 Å². The summed E-state index contributed by atoms with van der Waals surface area (Å²) in [5.74, 6) is -0.697. The summed E-state index contributed by atoms with van der Waals surface area (Å²) in [5, 5.41) is 8.48. The molecular weight excluding hydrogens is 248 g/mol. The van der Waals surface area contributed by atoms with Crippen molar-refractivity contribution in [3.63, 3.8) is 0 Å². The Labute approximate surface area is 124 Å². The molecule has 0 aliphatic carbocycles. The van der Waals surface area contributed by atoms with Gasteiger partial charge in [-0.2, -0.15) is 0 Å². The lowest BCUT2D eigenvalue weighted by atomic mass is 10.1. The van der Waals surface area contributed by atoms with E-state index in [4.69, 9.17) is 5.11 Å². The van der Waals surface area contributed by atoms with Crippen LogP contribution in [-0.4, -0.2) is 11.1 Å². The lowest BCUT2D eigenvalue weighted by Gasteiger charge is -1.92. The Morgan fingerprint density at radius 2 is 1.35 bits per heavy atom. The summed E-state index contributed by atoms with van der Waals surface area (Å²) in [6, 6.07) is 0. The zero-order valence-corrected chi connectivity index (χ0v) is 12.9. The lowest BCUT2D eigenvalue weighted by molar-refractivity contribution is -0.137. The Balaban J connectivity index is 3.30. The van der Waals surface area contributed by atoms with Gasteiger partial charge in [0, 0.05) is 6.42 Å². The van der Waals surface area contributed by atoms with E-state index in [0.29, 0.717) is 0 Å². The third-order valence-electron chi connectivity index (χ3n) is 3.03. The second-order valence-corrected chi connectivity index (χ2v) is 5.04. The standard InChI is InChI=1S/C18H30O2/c1-2-3-4-5-6-7-8-9-10-11-12-13-14-15-16-17-18(19)20/h5-6,10-13H,2-4,7-9,14-17H2,1H3,(H,19,20)/b6-5+,11-10+,13-12+. The van der Waals surface area contributed by atoms with Gasteiger partial charge in [-0.15, -0.1) is 0 Å². The number of allylic oxidation sites excluding steroid dienone is 6. The molecule has 0 aliphatic heterocycles. The molecular formula is C18H30O2. The highest BCUT2D eigenvalue weighted by Crippen LogP contribution is 2.02. The van der Waals surface area contributed by atoms with Crippen molar-refractivity contribution in [3.05, 3.63) is 36.5 Å². The highest BCUT2D eigenvalue weighted by molar-refractivity contribution is 5.66. The van der Waals surface area contributed by atoms with Crippen LogP contribution >= 0.6 is 0 Å². The van der Waals surface area contributed by atoms with Crippen LogP contribution in [0, 0.1) is 0 Å². The second-order valence-electron chi connectivity index (χ2n) is 5.04. The molecule has 0 saturated carbocycles. The van der Waals surface area contributed by atoms with Crippen molar-refractivity contribution < 1.29 is 9.90 Å². The number of carbonyl (C=O) groups is 1. The third kappa shape index (κ3) is 16.7. The van der Waals surface area contributed by atoms with Crippen LogP contribution in [0.15, 0.2) is 36.5 Å². The van der Waals surface area contributed by atoms with Crippen LogP contribution in [0.1, 0.15) is 71.1 Å². The molecule has 0 radical (unpaired) electrons. The minimum absolute atomic E-state index is 0.287. The van der Waals surface area contributed by atoms with Crippen LogP contribution in [0.25, 0.3) is 0 Å². The molecule has 2 nitrogen and oxygen atoms in total. The smallest absolute Gasteiger partial charge is 0.303 e. The Morgan fingerprint density at radius 3 is 1.95 bits per heavy atom. The molecule has 2 heteroatoms. The first-order valence-electron chi connectivity index (χ1n) is 7.95. The normalized spacial score (nSPS) is 12.1. The molecule has 0 aliphatic rings. The van der Waals surface area contributed by atoms with E-state index in [1.807, 2.05) is 0 Å². The minimum atomic E-state index is -0.697. The molecule has 0 aromatic carbocycles. The predicted molar refractivity (Wildman–Crippen MR) is 86.9 cm³/mol. The molecule has 0 bridgehead atoms. The van der Waals surface area contributed by atoms with Gasteiger partial charge in [0.05, 0.1) is 0 Å². The maximum absolute atomic E-state index is 10.3. The SMILES string of the molecule is CCCC/C=C/CCC/C=C/C=C/CCCCC(=O)O. The Kier molecular flexibility index (Phi) is 14.7. The summed E-state index contributed by atoms with van der Waals surface area (Å²) in [6.07, 6.45) is 23.4. The van der Waals surface area contributed by atoms with Gasteiger partial charge >= 0.3 is 5.97 Å². The van der Waals surface area contributed by atoms with E-state index in [2.05, 4.69) is 43.4 Å². The number of hydrogen-bond donors (Lipinski definition) is 1. The summed E-state index contributed by atoms with van der Waals surface area (Å²) in [5.41, 5.74) is 0. The second kappa shape index (κ2) is 15.7. The topological polar surface area (TPSA) is 37.3 Å². The van der Waals surface area contributed by atoms with Crippen molar-refractivity contribution in [2.75, 3.05) is 0 Å². The molecule has 0 amide bonds. The van der Waals surface area contributed by atoms with Gasteiger partial charge in [-0.1, -0.05) is 56.2 Å². The van der Waals surface area contributed by atoms with Gasteiger partial charge in [0.25, 0.3) is 0 Å². The fourth-order valence-corrected chi connectivity index (χ4v) is 1.80. The van der Waals surface area contributed by atoms with Gasteiger partial charge in [0.15, 0.2) is 0 Å². The Hall–Kier alpha value is -1.31. The third-order valence-corrected chi connectivity index (χ3v) is 3.03. The summed E-state index contributed by atoms with van der Waals surface area (Å²) >= 11 is 0. The molecule has 0 rings (SSSR count). The van der Waals surface area contributed by atoms with Crippen molar-refractivity contribution in [2.24, 2.45) is 0 Å². The van der Waals surface area contributed by atoms with E-state index in [1.54, 1.807) is 0 Å². The van der Waals surface area contributed by atoms with E-state index in [9.17, 15) is 4.79 Å². The molecule has 0 aromatic heterocycles. The quantitative estimate of drug-likeness (QED) is 0.268. The fourth-order valence-electron chi connectivity index (χ4n) is 1.80. The Bertz CT molecular complexity index is 301. The zero-order valence-electron chi connectivity index (χ0n) is 12.9. The van der Waals surface area contributed by atoms with Gasteiger partial charge < -0.3 is 5.11 Å². The van der Waals surface area contributed by atoms with Crippen molar-refractivity contribution in [2.45, 2.75) is 71.1 Å². The average Bonchev–Trinajstić information content (AvgIpc) is 2.43. The largest absolute Gasteiger partial charge is 0.481 e. The fraction of sp³-hybridized carbons (Fsp3) is 0.611. The number of unbranched alkanes of at least 4 members (excludes halogenated alkanes) is 6. The lowest BCUT2D eigenvalue weighted by Crippen LogP contribution is -1.92. The van der Waals surface area contributed by atoms with E-state index >= 15 is 0 Å². The number of carboxylic acids is 1. The van der Waals surface area contributed by atoms with Crippen LogP contribution in [-0.2, 0) is 4.79 Å². The predicted octanol–water partition coefficient (Wildman–Crippen LogP) is 5.66. The molecule has 0 fully saturated rings. The molecule has 0 heterocycles. The van der Waals surface area contributed by atoms with E-state index < -0.39 is 5.97 Å². The summed E-state index contributed by atoms with van der Waals surface area (Å²) < 4.78 is 0. The molecule has 0 saturated heterocycles. The number of carboxylic acid groups (broad SMARTS) is 1. The van der Waals surface area contributed by atoms with Gasteiger partial charge in [0.2, 0.25) is 0 Å². The van der Waals surface area contributed by atoms with Gasteiger partial charge in [-0.3, -0.25) is 4.79 Å². The van der Waals surface area contributed by atoms with Crippen molar-refractivity contribution in [1.29, 1.82) is 0 Å². The van der Waals surface area contributed by atoms with Crippen molar-refractivity contribution in [3.8, 4) is 0 Å². The monoisotopic (exact) mass is 278 g/mol. The van der Waals surface area contributed by atoms with Gasteiger partial charge in [0.1, 0.15) is 0 Å². The zero-order chi connectivity index (χ0) is 14.9. The maximum Gasteiger partial charge on any atom is 0.303 e. The summed E-state index contributed by atoms with van der Waals surface area (Å²) in [7, 11) is 0. The summed E-state index contributed by atoms with van der Waals surface area (Å²) in [4.78, 5) is 10.3. The Morgan fingerprint density at radius 1 is 0.800 bits per heavy atom. The highest BCUT2D eigenvalue weighted by atomic mass is 16.4. The molecule has 114 valence electrons. The van der Waals surface area contributed by atoms with Crippen LogP contribution in [0.5, 0.6) is 0 Å². The average molecular weight is 278 g/mol. The highest BCUT2D eigenvalue weighted by Gasteiger charge is 1.93. The molecule has 20 heavy (non-hydrogen) atoms. The van der Waals surface area contributed by atoms with E-state index in [1.165, 1.54) is 32.1 Å². The first-order valence-corrected chi connectivity index (χ1v) is 7.95. The molecule has 0 atom stereocenters. The van der Waals surface area contributed by atoms with Gasteiger partial charge in [-0.25, -0.2) is 0 Å². The minimum Gasteiger partial charge on any atom is -0.481 e. The van der Waals surface area contributed by atoms with Crippen LogP contribution in [0.4, 0.5) is 0 Å². The van der Waals surface area contributed by atoms with Crippen LogP contribution in [0.3, 0.4) is 0 Å². The van der Waals surface area contributed by atoms with Crippen molar-refractivity contribution in [1.82, 2.24) is 0 Å². The summed E-state index contributed by atoms with van der Waals surface area (Å²) in [6.45, 7) is 2.22. The van der Waals surface area contributed by atoms with E-state index in [-0.39, 0.29) is 6.42 Å². The van der Waals surface area contributed by atoms with Gasteiger partial charge in [-0.05, 0) is 44.9 Å². The van der Waals surface area contributed by atoms with Crippen LogP contribution in [0.2, 0.25) is 0 Å². The first-order chi connectivity index (χ1) is 9.77. The molecule has 0 unspecified atom stereocenters. The number of aliphatic carboxylic acids is 1. The molecule has 1 N–H and O–H groups in total. The van der Waals surface area contributed by atoms with E-state index in [0.717, 1.165) is 25.7 Å².